The van der Waals surface area contributed by atoms with E-state index in [1.807, 2.05) is 0 Å². The van der Waals surface area contributed by atoms with Crippen LogP contribution in [0.4, 0.5) is 0 Å². The maximum Gasteiger partial charge on any atom is 0.123 e. The molecule has 5 heteroatoms. The van der Waals surface area contributed by atoms with Crippen molar-refractivity contribution < 1.29 is 18.9 Å². The van der Waals surface area contributed by atoms with E-state index in [9.17, 15) is 0 Å². The summed E-state index contributed by atoms with van der Waals surface area (Å²) in [6, 6.07) is 4.27. The molecule has 0 saturated carbocycles. The second-order valence-electron chi connectivity index (χ2n) is 6.14. The van der Waals surface area contributed by atoms with Crippen molar-refractivity contribution in [3.05, 3.63) is 29.1 Å². The molecule has 2 saturated heterocycles. The smallest absolute Gasteiger partial charge is 0.123 e. The summed E-state index contributed by atoms with van der Waals surface area (Å²) in [5.74, 6) is 0. The van der Waals surface area contributed by atoms with Crippen LogP contribution in [0.2, 0.25) is 0 Å². The van der Waals surface area contributed by atoms with Crippen molar-refractivity contribution in [1.82, 2.24) is 4.98 Å². The molecule has 5 nitrogen and oxygen atoms in total. The molecule has 0 radical (unpaired) electrons. The highest BCUT2D eigenvalue weighted by molar-refractivity contribution is 5.26. The van der Waals surface area contributed by atoms with Crippen LogP contribution in [0.5, 0.6) is 0 Å². The van der Waals surface area contributed by atoms with Gasteiger partial charge in [-0.05, 0) is 30.5 Å². The fraction of sp³-hybridized carbons (Fsp3) is 0.722. The first-order valence-corrected chi connectivity index (χ1v) is 8.76. The molecule has 0 bridgehead atoms. The molecular weight excluding hydrogens is 294 g/mol. The molecule has 1 aromatic rings. The lowest BCUT2D eigenvalue weighted by Crippen LogP contribution is -2.25. The highest BCUT2D eigenvalue weighted by Gasteiger charge is 2.23. The van der Waals surface area contributed by atoms with Crippen LogP contribution in [0, 0.1) is 0 Å². The lowest BCUT2D eigenvalue weighted by molar-refractivity contribution is -0.0941. The standard InChI is InChI=1S/C18H27NO4/c1-2-3-4-5-15-10-14(17-12-20-6-8-22-17)11-16(19-15)18-13-21-7-9-23-18/h10-11,17-18H,2-9,12-13H2,1H3. The predicted molar refractivity (Wildman–Crippen MR) is 86.5 cm³/mol. The molecule has 23 heavy (non-hydrogen) atoms. The van der Waals surface area contributed by atoms with Gasteiger partial charge in [0.05, 0.1) is 45.3 Å². The summed E-state index contributed by atoms with van der Waals surface area (Å²) in [5.41, 5.74) is 3.23. The van der Waals surface area contributed by atoms with E-state index < -0.39 is 0 Å². The highest BCUT2D eigenvalue weighted by Crippen LogP contribution is 2.27. The zero-order chi connectivity index (χ0) is 15.9. The summed E-state index contributed by atoms with van der Waals surface area (Å²) in [4.78, 5) is 4.82. The summed E-state index contributed by atoms with van der Waals surface area (Å²) in [5, 5.41) is 0. The molecular formula is C18H27NO4. The maximum absolute atomic E-state index is 5.86. The Morgan fingerprint density at radius 2 is 1.70 bits per heavy atom. The summed E-state index contributed by atoms with van der Waals surface area (Å²) >= 11 is 0. The van der Waals surface area contributed by atoms with Gasteiger partial charge in [0.2, 0.25) is 0 Å². The molecule has 0 aromatic carbocycles. The number of hydrogen-bond acceptors (Lipinski definition) is 5. The zero-order valence-electron chi connectivity index (χ0n) is 14.0. The number of pyridine rings is 1. The van der Waals surface area contributed by atoms with Gasteiger partial charge >= 0.3 is 0 Å². The van der Waals surface area contributed by atoms with E-state index in [-0.39, 0.29) is 12.2 Å². The van der Waals surface area contributed by atoms with Crippen LogP contribution in [-0.2, 0) is 25.4 Å². The molecule has 2 aliphatic rings. The van der Waals surface area contributed by atoms with Gasteiger partial charge in [-0.1, -0.05) is 19.8 Å². The van der Waals surface area contributed by atoms with Gasteiger partial charge in [-0.3, -0.25) is 4.98 Å². The molecule has 0 spiro atoms. The van der Waals surface area contributed by atoms with Gasteiger partial charge in [-0.2, -0.15) is 0 Å². The fourth-order valence-corrected chi connectivity index (χ4v) is 3.01. The molecule has 0 aliphatic carbocycles. The molecule has 0 amide bonds. The van der Waals surface area contributed by atoms with E-state index in [2.05, 4.69) is 19.1 Å². The van der Waals surface area contributed by atoms with Crippen LogP contribution in [-0.4, -0.2) is 44.6 Å². The zero-order valence-corrected chi connectivity index (χ0v) is 14.0. The molecule has 2 aliphatic heterocycles. The third-order valence-corrected chi connectivity index (χ3v) is 4.29. The second kappa shape index (κ2) is 8.73. The van der Waals surface area contributed by atoms with Crippen molar-refractivity contribution >= 4 is 0 Å². The van der Waals surface area contributed by atoms with Crippen LogP contribution >= 0.6 is 0 Å². The first kappa shape index (κ1) is 16.8. The van der Waals surface area contributed by atoms with Crippen molar-refractivity contribution in [1.29, 1.82) is 0 Å². The second-order valence-corrected chi connectivity index (χ2v) is 6.14. The third kappa shape index (κ3) is 4.73. The highest BCUT2D eigenvalue weighted by atomic mass is 16.6. The van der Waals surface area contributed by atoms with Crippen molar-refractivity contribution in [3.8, 4) is 0 Å². The summed E-state index contributed by atoms with van der Waals surface area (Å²) in [6.07, 6.45) is 4.53. The minimum atomic E-state index is -0.0712. The first-order valence-electron chi connectivity index (χ1n) is 8.76. The summed E-state index contributed by atoms with van der Waals surface area (Å²) < 4.78 is 22.8. The number of aromatic nitrogens is 1. The Balaban J connectivity index is 1.79. The lowest BCUT2D eigenvalue weighted by Gasteiger charge is -2.26. The van der Waals surface area contributed by atoms with Gasteiger partial charge in [-0.15, -0.1) is 0 Å². The first-order chi connectivity index (χ1) is 11.4. The van der Waals surface area contributed by atoms with E-state index >= 15 is 0 Å². The van der Waals surface area contributed by atoms with Gasteiger partial charge < -0.3 is 18.9 Å². The van der Waals surface area contributed by atoms with Crippen LogP contribution in [0.15, 0.2) is 12.1 Å². The van der Waals surface area contributed by atoms with Gasteiger partial charge in [-0.25, -0.2) is 0 Å². The maximum atomic E-state index is 5.86. The van der Waals surface area contributed by atoms with Crippen molar-refractivity contribution in [3.63, 3.8) is 0 Å². The summed E-state index contributed by atoms with van der Waals surface area (Å²) in [6.45, 7) is 6.03. The van der Waals surface area contributed by atoms with Crippen LogP contribution in [0.3, 0.4) is 0 Å². The monoisotopic (exact) mass is 321 g/mol. The topological polar surface area (TPSA) is 49.8 Å². The van der Waals surface area contributed by atoms with Gasteiger partial charge in [0.25, 0.3) is 0 Å². The molecule has 2 atom stereocenters. The number of rotatable bonds is 6. The average Bonchev–Trinajstić information content (AvgIpc) is 2.63. The minimum Gasteiger partial charge on any atom is -0.376 e. The van der Waals surface area contributed by atoms with E-state index in [1.54, 1.807) is 0 Å². The number of unbranched alkanes of at least 4 members (excludes halogenated alkanes) is 2. The number of ether oxygens (including phenoxy) is 4. The van der Waals surface area contributed by atoms with Crippen molar-refractivity contribution in [2.24, 2.45) is 0 Å². The Kier molecular flexibility index (Phi) is 6.39. The number of hydrogen-bond donors (Lipinski definition) is 0. The Morgan fingerprint density at radius 3 is 2.35 bits per heavy atom. The van der Waals surface area contributed by atoms with Crippen molar-refractivity contribution in [2.45, 2.75) is 44.8 Å². The van der Waals surface area contributed by atoms with Crippen LogP contribution in [0.25, 0.3) is 0 Å². The lowest BCUT2D eigenvalue weighted by atomic mass is 10.0. The average molecular weight is 321 g/mol. The predicted octanol–water partition coefficient (Wildman–Crippen LogP) is 2.99. The Labute approximate surface area is 138 Å². The minimum absolute atomic E-state index is 0.0000610. The SMILES string of the molecule is CCCCCc1cc(C2COCCO2)cc(C2COCCO2)n1. The van der Waals surface area contributed by atoms with Crippen LogP contribution < -0.4 is 0 Å². The van der Waals surface area contributed by atoms with Gasteiger partial charge in [0.15, 0.2) is 0 Å². The largest absolute Gasteiger partial charge is 0.376 e. The molecule has 2 fully saturated rings. The molecule has 0 N–H and O–H groups in total. The molecule has 128 valence electrons. The number of nitrogens with zero attached hydrogens (tertiary/aromatic N) is 1. The quantitative estimate of drug-likeness (QED) is 0.754. The van der Waals surface area contributed by atoms with E-state index in [0.717, 1.165) is 29.8 Å². The van der Waals surface area contributed by atoms with Crippen LogP contribution in [0.1, 0.15) is 55.3 Å². The van der Waals surface area contributed by atoms with E-state index in [1.165, 1.54) is 12.8 Å². The summed E-state index contributed by atoms with van der Waals surface area (Å²) in [7, 11) is 0. The van der Waals surface area contributed by atoms with Gasteiger partial charge in [0.1, 0.15) is 12.2 Å². The van der Waals surface area contributed by atoms with E-state index in [0.29, 0.717) is 39.6 Å². The van der Waals surface area contributed by atoms with Crippen molar-refractivity contribution in [2.75, 3.05) is 39.6 Å². The number of aryl methyl sites for hydroxylation is 1. The molecule has 3 rings (SSSR count). The fourth-order valence-electron chi connectivity index (χ4n) is 3.01. The Morgan fingerprint density at radius 1 is 0.957 bits per heavy atom. The third-order valence-electron chi connectivity index (χ3n) is 4.29. The Hall–Kier alpha value is -1.01. The normalized spacial score (nSPS) is 25.4. The Bertz CT molecular complexity index is 446. The molecule has 1 aromatic heterocycles. The molecule has 3 heterocycles. The molecule has 2 unspecified atom stereocenters. The van der Waals surface area contributed by atoms with Gasteiger partial charge in [0, 0.05) is 5.69 Å². The van der Waals surface area contributed by atoms with E-state index in [4.69, 9.17) is 23.9 Å².